The minimum Gasteiger partial charge on any atom is -0.483 e. The molecule has 8 nitrogen and oxygen atoms in total. The van der Waals surface area contributed by atoms with Gasteiger partial charge in [-0.1, -0.05) is 17.8 Å². The van der Waals surface area contributed by atoms with E-state index in [-0.39, 0.29) is 17.8 Å². The van der Waals surface area contributed by atoms with Gasteiger partial charge in [-0.2, -0.15) is 0 Å². The highest BCUT2D eigenvalue weighted by molar-refractivity contribution is 7.99. The lowest BCUT2D eigenvalue weighted by atomic mass is 10.1. The van der Waals surface area contributed by atoms with Crippen molar-refractivity contribution < 1.29 is 19.1 Å². The van der Waals surface area contributed by atoms with Crippen LogP contribution in [0.4, 0.5) is 5.00 Å². The molecule has 1 aliphatic rings. The second-order valence-corrected chi connectivity index (χ2v) is 10.5. The quantitative estimate of drug-likeness (QED) is 0.313. The largest absolute Gasteiger partial charge is 0.483 e. The fourth-order valence-corrected chi connectivity index (χ4v) is 6.25. The number of amides is 1. The summed E-state index contributed by atoms with van der Waals surface area (Å²) in [6, 6.07) is 6.01. The first-order chi connectivity index (χ1) is 16.8. The molecular weight excluding hydrogens is 484 g/mol. The lowest BCUT2D eigenvalue weighted by Crippen LogP contribution is -2.17. The maximum atomic E-state index is 12.8. The Morgan fingerprint density at radius 2 is 2.03 bits per heavy atom. The number of ether oxygens (including phenoxy) is 2. The van der Waals surface area contributed by atoms with Gasteiger partial charge in [0.25, 0.3) is 0 Å². The second-order valence-electron chi connectivity index (χ2n) is 8.48. The number of thiophene rings is 1. The maximum Gasteiger partial charge on any atom is 0.341 e. The molecule has 0 saturated carbocycles. The highest BCUT2D eigenvalue weighted by atomic mass is 32.2. The van der Waals surface area contributed by atoms with Gasteiger partial charge in [0.15, 0.2) is 17.1 Å². The Hall–Kier alpha value is -2.85. The number of thioether (sulfide) groups is 1. The van der Waals surface area contributed by atoms with E-state index >= 15 is 0 Å². The van der Waals surface area contributed by atoms with Crippen molar-refractivity contribution in [3.63, 3.8) is 0 Å². The molecule has 0 spiro atoms. The Kier molecular flexibility index (Phi) is 7.81. The Labute approximate surface area is 213 Å². The molecule has 1 aromatic carbocycles. The Morgan fingerprint density at radius 1 is 1.23 bits per heavy atom. The highest BCUT2D eigenvalue weighted by Gasteiger charge is 2.28. The third-order valence-corrected chi connectivity index (χ3v) is 8.29. The maximum absolute atomic E-state index is 12.8. The molecule has 1 unspecified atom stereocenters. The summed E-state index contributed by atoms with van der Waals surface area (Å²) < 4.78 is 13.0. The van der Waals surface area contributed by atoms with Gasteiger partial charge in [0.05, 0.1) is 18.4 Å². The molecule has 0 saturated heterocycles. The van der Waals surface area contributed by atoms with Gasteiger partial charge in [0.1, 0.15) is 10.8 Å². The number of benzene rings is 1. The molecule has 3 aromatic rings. The van der Waals surface area contributed by atoms with E-state index in [2.05, 4.69) is 29.4 Å². The van der Waals surface area contributed by atoms with Crippen LogP contribution in [0.5, 0.6) is 5.75 Å². The zero-order valence-electron chi connectivity index (χ0n) is 20.6. The minimum absolute atomic E-state index is 0.147. The van der Waals surface area contributed by atoms with Crippen LogP contribution in [0.1, 0.15) is 64.1 Å². The highest BCUT2D eigenvalue weighted by Crippen LogP contribution is 2.39. The van der Waals surface area contributed by atoms with Crippen molar-refractivity contribution in [3.8, 4) is 5.75 Å². The fourth-order valence-electron chi connectivity index (χ4n) is 4.15. The van der Waals surface area contributed by atoms with E-state index < -0.39 is 5.97 Å². The number of esters is 1. The molecule has 2 aromatic heterocycles. The Bertz CT molecular complexity index is 1250. The van der Waals surface area contributed by atoms with Crippen LogP contribution in [-0.4, -0.2) is 39.5 Å². The van der Waals surface area contributed by atoms with E-state index in [0.29, 0.717) is 28.1 Å². The summed E-state index contributed by atoms with van der Waals surface area (Å²) in [5.41, 5.74) is 3.89. The van der Waals surface area contributed by atoms with Crippen molar-refractivity contribution in [2.24, 2.45) is 0 Å². The van der Waals surface area contributed by atoms with Crippen LogP contribution in [0.3, 0.4) is 0 Å². The number of hydrogen-bond donors (Lipinski definition) is 1. The van der Waals surface area contributed by atoms with Crippen LogP contribution < -0.4 is 10.1 Å². The summed E-state index contributed by atoms with van der Waals surface area (Å²) in [5.74, 6) is 1.03. The lowest BCUT2D eigenvalue weighted by molar-refractivity contribution is -0.113. The van der Waals surface area contributed by atoms with Gasteiger partial charge in [-0.3, -0.25) is 4.79 Å². The molecule has 35 heavy (non-hydrogen) atoms. The number of nitrogens with one attached hydrogen (secondary N) is 1. The summed E-state index contributed by atoms with van der Waals surface area (Å²) in [4.78, 5) is 26.2. The number of methoxy groups -OCH3 is 1. The van der Waals surface area contributed by atoms with Crippen molar-refractivity contribution in [3.05, 3.63) is 51.2 Å². The van der Waals surface area contributed by atoms with E-state index in [9.17, 15) is 9.59 Å². The molecular formula is C25H30N4O4S2. The number of aryl methyl sites for hydroxylation is 3. The average molecular weight is 515 g/mol. The van der Waals surface area contributed by atoms with Gasteiger partial charge in [0, 0.05) is 11.4 Å². The molecule has 0 radical (unpaired) electrons. The Balaban J connectivity index is 1.42. The third-order valence-electron chi connectivity index (χ3n) is 6.11. The van der Waals surface area contributed by atoms with Gasteiger partial charge in [-0.25, -0.2) is 4.79 Å². The van der Waals surface area contributed by atoms with Gasteiger partial charge in [0.2, 0.25) is 5.91 Å². The third kappa shape index (κ3) is 5.38. The molecule has 186 valence electrons. The lowest BCUT2D eigenvalue weighted by Gasteiger charge is -2.16. The average Bonchev–Trinajstić information content (AvgIpc) is 3.53. The van der Waals surface area contributed by atoms with Crippen molar-refractivity contribution >= 4 is 40.0 Å². The summed E-state index contributed by atoms with van der Waals surface area (Å²) in [5, 5.41) is 12.8. The summed E-state index contributed by atoms with van der Waals surface area (Å²) in [6.45, 7) is 8.72. The summed E-state index contributed by atoms with van der Waals surface area (Å²) >= 11 is 2.78. The number of carbonyl (C=O) groups is 2. The van der Waals surface area contributed by atoms with Crippen molar-refractivity contribution in [2.45, 2.75) is 64.8 Å². The SMILES string of the molecule is CCn1c(SCC(=O)Nc2sc3c(c2C(=O)OC)CCC3)nnc1C(C)Oc1ccc(C)c(C)c1. The van der Waals surface area contributed by atoms with E-state index in [1.807, 2.05) is 36.6 Å². The molecule has 1 N–H and O–H groups in total. The number of aromatic nitrogens is 3. The monoisotopic (exact) mass is 514 g/mol. The van der Waals surface area contributed by atoms with E-state index in [0.717, 1.165) is 35.5 Å². The minimum atomic E-state index is -0.402. The van der Waals surface area contributed by atoms with Crippen molar-refractivity contribution in [1.29, 1.82) is 0 Å². The van der Waals surface area contributed by atoms with E-state index in [4.69, 9.17) is 9.47 Å². The van der Waals surface area contributed by atoms with Gasteiger partial charge < -0.3 is 19.4 Å². The number of nitrogens with zero attached hydrogens (tertiary/aromatic N) is 3. The molecule has 0 bridgehead atoms. The molecule has 10 heteroatoms. The number of carbonyl (C=O) groups excluding carboxylic acids is 2. The summed E-state index contributed by atoms with van der Waals surface area (Å²) in [6.07, 6.45) is 2.49. The van der Waals surface area contributed by atoms with Crippen LogP contribution in [0.15, 0.2) is 23.4 Å². The predicted octanol–water partition coefficient (Wildman–Crippen LogP) is 5.12. The first-order valence-corrected chi connectivity index (χ1v) is 13.4. The molecule has 1 atom stereocenters. The predicted molar refractivity (Wildman–Crippen MR) is 138 cm³/mol. The zero-order valence-corrected chi connectivity index (χ0v) is 22.3. The topological polar surface area (TPSA) is 95.3 Å². The van der Waals surface area contributed by atoms with E-state index in [1.54, 1.807) is 0 Å². The number of rotatable bonds is 9. The van der Waals surface area contributed by atoms with Crippen LogP contribution >= 0.6 is 23.1 Å². The van der Waals surface area contributed by atoms with Crippen LogP contribution in [-0.2, 0) is 28.9 Å². The molecule has 2 heterocycles. The fraction of sp³-hybridized carbons (Fsp3) is 0.440. The molecule has 1 amide bonds. The Morgan fingerprint density at radius 3 is 2.74 bits per heavy atom. The van der Waals surface area contributed by atoms with Crippen molar-refractivity contribution in [2.75, 3.05) is 18.2 Å². The molecule has 0 fully saturated rings. The first kappa shape index (κ1) is 25.2. The molecule has 0 aliphatic heterocycles. The van der Waals surface area contributed by atoms with E-state index in [1.165, 1.54) is 41.3 Å². The normalized spacial score (nSPS) is 13.4. The van der Waals surface area contributed by atoms with Crippen LogP contribution in [0.25, 0.3) is 0 Å². The summed E-state index contributed by atoms with van der Waals surface area (Å²) in [7, 11) is 1.36. The molecule has 1 aliphatic carbocycles. The van der Waals surface area contributed by atoms with Gasteiger partial charge >= 0.3 is 5.97 Å². The molecule has 4 rings (SSSR count). The number of anilines is 1. The standard InChI is InChI=1S/C25H30N4O4S2/c1-6-29-22(16(4)33-17-11-10-14(2)15(3)12-17)27-28-25(29)34-13-20(30)26-23-21(24(31)32-5)18-8-7-9-19(18)35-23/h10-12,16H,6-9,13H2,1-5H3,(H,26,30). The zero-order chi connectivity index (χ0) is 25.1. The number of fused-ring (bicyclic) bond motifs is 1. The number of hydrogen-bond acceptors (Lipinski definition) is 8. The van der Waals surface area contributed by atoms with Crippen molar-refractivity contribution in [1.82, 2.24) is 14.8 Å². The van der Waals surface area contributed by atoms with Crippen LogP contribution in [0.2, 0.25) is 0 Å². The smallest absolute Gasteiger partial charge is 0.341 e. The van der Waals surface area contributed by atoms with Crippen LogP contribution in [0, 0.1) is 13.8 Å². The second kappa shape index (κ2) is 10.8. The first-order valence-electron chi connectivity index (χ1n) is 11.6. The van der Waals surface area contributed by atoms with Gasteiger partial charge in [-0.05, 0) is 75.8 Å². The van der Waals surface area contributed by atoms with Gasteiger partial charge in [-0.15, -0.1) is 21.5 Å².